The van der Waals surface area contributed by atoms with E-state index in [4.69, 9.17) is 0 Å². The van der Waals surface area contributed by atoms with Crippen LogP contribution >= 0.6 is 0 Å². The maximum absolute atomic E-state index is 10.3. The van der Waals surface area contributed by atoms with Crippen molar-refractivity contribution in [2.45, 2.75) is 64.7 Å². The van der Waals surface area contributed by atoms with Gasteiger partial charge in [-0.1, -0.05) is 51.9 Å². The number of hydrogen-bond acceptors (Lipinski definition) is 2. The van der Waals surface area contributed by atoms with Crippen LogP contribution in [0.1, 0.15) is 64.7 Å². The molecule has 0 rings (SSSR count). The van der Waals surface area contributed by atoms with Crippen LogP contribution in [0.15, 0.2) is 0 Å². The maximum Gasteiger partial charge on any atom is 0.117 e. The molecule has 0 aromatic rings. The molecule has 1 unspecified atom stereocenters. The summed E-state index contributed by atoms with van der Waals surface area (Å²) in [6.45, 7) is 3.33. The third kappa shape index (κ3) is 13.4. The Morgan fingerprint density at radius 3 is 1.88 bits per heavy atom. The lowest BCUT2D eigenvalue weighted by Crippen LogP contribution is -3.10. The molecule has 0 saturated carbocycles. The van der Waals surface area contributed by atoms with Crippen molar-refractivity contribution in [3.05, 3.63) is 0 Å². The molecular formula is C14H29NO2. The van der Waals surface area contributed by atoms with Crippen LogP contribution in [-0.2, 0) is 4.79 Å². The normalized spacial score (nSPS) is 12.6. The summed E-state index contributed by atoms with van der Waals surface area (Å²) in [5.74, 6) is -0.946. The summed E-state index contributed by atoms with van der Waals surface area (Å²) in [6.07, 6.45) is 11.8. The number of nitrogens with one attached hydrogen (secondary N) is 1. The second-order valence-electron chi connectivity index (χ2n) is 5.08. The molecule has 1 N–H and O–H groups in total. The monoisotopic (exact) mass is 243 g/mol. The van der Waals surface area contributed by atoms with Crippen molar-refractivity contribution >= 4 is 5.97 Å². The molecule has 0 aliphatic carbocycles. The van der Waals surface area contributed by atoms with Crippen molar-refractivity contribution in [3.8, 4) is 0 Å². The smallest absolute Gasteiger partial charge is 0.117 e. The summed E-state index contributed by atoms with van der Waals surface area (Å²) >= 11 is 0. The molecule has 0 aromatic carbocycles. The fourth-order valence-electron chi connectivity index (χ4n) is 2.07. The first-order chi connectivity index (χ1) is 8.16. The lowest BCUT2D eigenvalue weighted by molar-refractivity contribution is -0.874. The summed E-state index contributed by atoms with van der Waals surface area (Å²) in [7, 11) is 1.92. The van der Waals surface area contributed by atoms with E-state index in [2.05, 4.69) is 6.92 Å². The summed E-state index contributed by atoms with van der Waals surface area (Å²) in [4.78, 5) is 11.4. The quantitative estimate of drug-likeness (QED) is 0.515. The third-order valence-corrected chi connectivity index (χ3v) is 3.15. The Morgan fingerprint density at radius 2 is 1.41 bits per heavy atom. The van der Waals surface area contributed by atoms with Crippen molar-refractivity contribution in [2.24, 2.45) is 0 Å². The minimum atomic E-state index is -0.946. The molecule has 0 amide bonds. The molecule has 0 saturated heterocycles. The van der Waals surface area contributed by atoms with Gasteiger partial charge in [-0.2, -0.15) is 0 Å². The van der Waals surface area contributed by atoms with Gasteiger partial charge in [0, 0.05) is 0 Å². The molecule has 102 valence electrons. The van der Waals surface area contributed by atoms with Gasteiger partial charge in [0.25, 0.3) is 0 Å². The van der Waals surface area contributed by atoms with Crippen molar-refractivity contribution in [1.82, 2.24) is 0 Å². The van der Waals surface area contributed by atoms with Crippen LogP contribution in [0.2, 0.25) is 0 Å². The maximum atomic E-state index is 10.3. The number of likely N-dealkylation sites (N-methyl/N-ethyl adjacent to an activating group) is 1. The highest BCUT2D eigenvalue weighted by molar-refractivity contribution is 5.65. The van der Waals surface area contributed by atoms with E-state index in [1.54, 1.807) is 0 Å². The number of carbonyl (C=O) groups excluding carboxylic acids is 1. The molecule has 3 nitrogen and oxygen atoms in total. The van der Waals surface area contributed by atoms with Crippen LogP contribution in [0.4, 0.5) is 0 Å². The Bertz CT molecular complexity index is 183. The molecule has 0 radical (unpaired) electrons. The van der Waals surface area contributed by atoms with E-state index < -0.39 is 5.97 Å². The number of rotatable bonds is 12. The van der Waals surface area contributed by atoms with Crippen molar-refractivity contribution in [1.29, 1.82) is 0 Å². The summed E-state index contributed by atoms with van der Waals surface area (Å²) in [6, 6.07) is 0. The molecule has 0 aliphatic rings. The highest BCUT2D eigenvalue weighted by atomic mass is 16.4. The van der Waals surface area contributed by atoms with E-state index in [9.17, 15) is 9.90 Å². The molecule has 0 bridgehead atoms. The van der Waals surface area contributed by atoms with Crippen LogP contribution in [0.5, 0.6) is 0 Å². The first-order valence-electron chi connectivity index (χ1n) is 7.18. The largest absolute Gasteiger partial charge is 0.544 e. The zero-order valence-electron chi connectivity index (χ0n) is 11.6. The Morgan fingerprint density at radius 1 is 0.941 bits per heavy atom. The van der Waals surface area contributed by atoms with Gasteiger partial charge in [-0.05, 0) is 12.8 Å². The third-order valence-electron chi connectivity index (χ3n) is 3.15. The lowest BCUT2D eigenvalue weighted by atomic mass is 10.1. The van der Waals surface area contributed by atoms with Crippen molar-refractivity contribution in [2.75, 3.05) is 20.1 Å². The predicted molar refractivity (Wildman–Crippen MR) is 68.9 cm³/mol. The number of unbranched alkanes of at least 4 members (excludes halogenated alkanes) is 8. The number of quaternary nitrogens is 1. The molecule has 1 atom stereocenters. The van der Waals surface area contributed by atoms with E-state index in [0.717, 1.165) is 17.9 Å². The van der Waals surface area contributed by atoms with Gasteiger partial charge >= 0.3 is 0 Å². The Labute approximate surface area is 106 Å². The van der Waals surface area contributed by atoms with Gasteiger partial charge in [0.1, 0.15) is 6.54 Å². The van der Waals surface area contributed by atoms with E-state index >= 15 is 0 Å². The van der Waals surface area contributed by atoms with E-state index in [-0.39, 0.29) is 6.54 Å². The van der Waals surface area contributed by atoms with Gasteiger partial charge in [0.05, 0.1) is 19.6 Å². The zero-order valence-corrected chi connectivity index (χ0v) is 11.6. The highest BCUT2D eigenvalue weighted by Gasteiger charge is 2.01. The van der Waals surface area contributed by atoms with E-state index in [0.29, 0.717) is 0 Å². The zero-order chi connectivity index (χ0) is 12.9. The Kier molecular flexibility index (Phi) is 11.5. The number of hydrogen-bond donors (Lipinski definition) is 1. The lowest BCUT2D eigenvalue weighted by Gasteiger charge is -2.13. The number of carboxylic acids is 1. The molecule has 0 aromatic heterocycles. The van der Waals surface area contributed by atoms with Gasteiger partial charge in [-0.15, -0.1) is 0 Å². The van der Waals surface area contributed by atoms with E-state index in [1.807, 2.05) is 7.05 Å². The fourth-order valence-corrected chi connectivity index (χ4v) is 2.07. The average Bonchev–Trinajstić information content (AvgIpc) is 2.26. The second-order valence-corrected chi connectivity index (χ2v) is 5.08. The fraction of sp³-hybridized carbons (Fsp3) is 0.929. The standard InChI is InChI=1S/C14H29NO2/c1-3-4-5-6-7-8-9-10-11-12-15(2)13-14(16)17/h3-13H2,1-2H3,(H,16,17). The van der Waals surface area contributed by atoms with Crippen LogP contribution in [-0.4, -0.2) is 26.1 Å². The minimum absolute atomic E-state index is 0.136. The Hall–Kier alpha value is -0.570. The van der Waals surface area contributed by atoms with Crippen LogP contribution in [0, 0.1) is 0 Å². The molecule has 17 heavy (non-hydrogen) atoms. The summed E-state index contributed by atoms with van der Waals surface area (Å²) < 4.78 is 0. The molecule has 0 aliphatic heterocycles. The highest BCUT2D eigenvalue weighted by Crippen LogP contribution is 2.08. The molecule has 0 heterocycles. The molecule has 3 heteroatoms. The summed E-state index contributed by atoms with van der Waals surface area (Å²) in [5.41, 5.74) is 0. The molecular weight excluding hydrogens is 214 g/mol. The average molecular weight is 243 g/mol. The second kappa shape index (κ2) is 11.9. The Balaban J connectivity index is 3.10. The van der Waals surface area contributed by atoms with Crippen molar-refractivity contribution in [3.63, 3.8) is 0 Å². The first-order valence-corrected chi connectivity index (χ1v) is 7.18. The molecule has 0 fully saturated rings. The van der Waals surface area contributed by atoms with Gasteiger partial charge in [-0.3, -0.25) is 0 Å². The van der Waals surface area contributed by atoms with Gasteiger partial charge in [-0.25, -0.2) is 0 Å². The topological polar surface area (TPSA) is 44.6 Å². The summed E-state index contributed by atoms with van der Waals surface area (Å²) in [5, 5.41) is 10.3. The number of aliphatic carboxylic acids is 1. The van der Waals surface area contributed by atoms with Gasteiger partial charge in [0.2, 0.25) is 0 Å². The van der Waals surface area contributed by atoms with Gasteiger partial charge in [0.15, 0.2) is 0 Å². The van der Waals surface area contributed by atoms with Crippen LogP contribution in [0.25, 0.3) is 0 Å². The minimum Gasteiger partial charge on any atom is -0.544 e. The van der Waals surface area contributed by atoms with Crippen LogP contribution in [0.3, 0.4) is 0 Å². The van der Waals surface area contributed by atoms with Crippen LogP contribution < -0.4 is 10.0 Å². The molecule has 0 spiro atoms. The number of carbonyl (C=O) groups is 1. The number of carboxylic acid groups (broad SMARTS) is 1. The van der Waals surface area contributed by atoms with Gasteiger partial charge < -0.3 is 14.8 Å². The first kappa shape index (κ1) is 16.4. The SMILES string of the molecule is CCCCCCCCCCC[NH+](C)CC(=O)[O-]. The van der Waals surface area contributed by atoms with E-state index in [1.165, 1.54) is 51.4 Å². The van der Waals surface area contributed by atoms with Crippen molar-refractivity contribution < 1.29 is 14.8 Å². The predicted octanol–water partition coefficient (Wildman–Crippen LogP) is 0.782.